The number of rotatable bonds is 4. The summed E-state index contributed by atoms with van der Waals surface area (Å²) in [5.41, 5.74) is 5.63. The second-order valence-corrected chi connectivity index (χ2v) is 9.62. The highest BCUT2D eigenvalue weighted by Crippen LogP contribution is 2.48. The Morgan fingerprint density at radius 2 is 1.79 bits per heavy atom. The van der Waals surface area contributed by atoms with E-state index in [0.717, 1.165) is 11.8 Å². The molecule has 28 heavy (non-hydrogen) atoms. The molecule has 4 rings (SSSR count). The van der Waals surface area contributed by atoms with Crippen LogP contribution in [0, 0.1) is 19.3 Å². The van der Waals surface area contributed by atoms with Gasteiger partial charge in [0.1, 0.15) is 5.75 Å². The van der Waals surface area contributed by atoms with E-state index in [1.807, 2.05) is 0 Å². The van der Waals surface area contributed by atoms with Crippen molar-refractivity contribution in [1.82, 2.24) is 4.90 Å². The van der Waals surface area contributed by atoms with Gasteiger partial charge in [-0.1, -0.05) is 42.8 Å². The van der Waals surface area contributed by atoms with Crippen LogP contribution in [0.2, 0.25) is 0 Å². The minimum Gasteiger partial charge on any atom is -0.490 e. The summed E-state index contributed by atoms with van der Waals surface area (Å²) in [4.78, 5) is 2.72. The fourth-order valence-electron chi connectivity index (χ4n) is 5.59. The first-order valence-corrected chi connectivity index (χ1v) is 11.0. The van der Waals surface area contributed by atoms with E-state index >= 15 is 0 Å². The molecule has 2 nitrogen and oxygen atoms in total. The number of nitrogens with zero attached hydrogens (tertiary/aromatic N) is 1. The van der Waals surface area contributed by atoms with Crippen LogP contribution in [0.5, 0.6) is 5.75 Å². The molecule has 0 N–H and O–H groups in total. The second-order valence-electron chi connectivity index (χ2n) is 9.62. The topological polar surface area (TPSA) is 12.5 Å². The van der Waals surface area contributed by atoms with Gasteiger partial charge in [0.05, 0.1) is 6.10 Å². The first-order valence-electron chi connectivity index (χ1n) is 11.0. The van der Waals surface area contributed by atoms with Crippen molar-refractivity contribution in [3.05, 3.63) is 53.6 Å². The van der Waals surface area contributed by atoms with E-state index in [2.05, 4.69) is 82.0 Å². The fraction of sp³-hybridized carbons (Fsp3) is 0.538. The van der Waals surface area contributed by atoms with Crippen LogP contribution in [0.1, 0.15) is 57.6 Å². The van der Waals surface area contributed by atoms with E-state index in [9.17, 15) is 0 Å². The third kappa shape index (κ3) is 3.72. The van der Waals surface area contributed by atoms with Gasteiger partial charge in [-0.15, -0.1) is 0 Å². The highest BCUT2D eigenvalue weighted by molar-refractivity contribution is 5.68. The molecular weight excluding hydrogens is 342 g/mol. The number of fused-ring (bicyclic) bond motifs is 1. The summed E-state index contributed by atoms with van der Waals surface area (Å²) in [6.07, 6.45) is 5.27. The highest BCUT2D eigenvalue weighted by atomic mass is 16.5. The Kier molecular flexibility index (Phi) is 5.26. The summed E-state index contributed by atoms with van der Waals surface area (Å²) < 4.78 is 6.45. The molecule has 3 unspecified atom stereocenters. The molecule has 0 radical (unpaired) electrons. The Morgan fingerprint density at radius 1 is 1.04 bits per heavy atom. The second kappa shape index (κ2) is 7.55. The average molecular weight is 378 g/mol. The molecule has 3 atom stereocenters. The quantitative estimate of drug-likeness (QED) is 0.612. The van der Waals surface area contributed by atoms with Gasteiger partial charge in [-0.25, -0.2) is 0 Å². The van der Waals surface area contributed by atoms with Gasteiger partial charge in [0, 0.05) is 12.1 Å². The maximum atomic E-state index is 6.45. The zero-order chi connectivity index (χ0) is 19.9. The third-order valence-corrected chi connectivity index (χ3v) is 7.12. The summed E-state index contributed by atoms with van der Waals surface area (Å²) in [6.45, 7) is 12.7. The maximum Gasteiger partial charge on any atom is 0.119 e. The van der Waals surface area contributed by atoms with Crippen molar-refractivity contribution in [3.63, 3.8) is 0 Å². The predicted octanol–water partition coefficient (Wildman–Crippen LogP) is 6.39. The molecule has 2 heteroatoms. The lowest BCUT2D eigenvalue weighted by Crippen LogP contribution is -2.47. The van der Waals surface area contributed by atoms with Crippen molar-refractivity contribution in [1.29, 1.82) is 0 Å². The maximum absolute atomic E-state index is 6.45. The summed E-state index contributed by atoms with van der Waals surface area (Å²) >= 11 is 0. The Labute approximate surface area is 170 Å². The molecule has 2 aromatic carbocycles. The van der Waals surface area contributed by atoms with Gasteiger partial charge < -0.3 is 4.74 Å². The van der Waals surface area contributed by atoms with Crippen LogP contribution in [-0.4, -0.2) is 29.6 Å². The Morgan fingerprint density at radius 3 is 2.46 bits per heavy atom. The molecular formula is C26H35NO. The molecule has 2 fully saturated rings. The van der Waals surface area contributed by atoms with E-state index in [4.69, 9.17) is 4.74 Å². The molecule has 0 amide bonds. The standard InChI is InChI=1S/C26H35NO/c1-18(2)27-15-14-26(5)17-23(11-13-25(26)27)28-22-9-7-21(8-10-22)24-12-6-19(3)16-20(24)4/h6-10,12,16,18,23,25H,11,13-15,17H2,1-5H3. The number of hydrogen-bond donors (Lipinski definition) is 0. The van der Waals surface area contributed by atoms with Crippen LogP contribution in [0.25, 0.3) is 11.1 Å². The lowest BCUT2D eigenvalue weighted by molar-refractivity contribution is 0.0274. The lowest BCUT2D eigenvalue weighted by atomic mass is 9.70. The Hall–Kier alpha value is -1.80. The van der Waals surface area contributed by atoms with Crippen LogP contribution >= 0.6 is 0 Å². The molecule has 0 bridgehead atoms. The van der Waals surface area contributed by atoms with Gasteiger partial charge >= 0.3 is 0 Å². The number of ether oxygens (including phenoxy) is 1. The molecule has 2 aromatic rings. The van der Waals surface area contributed by atoms with Gasteiger partial charge in [0.25, 0.3) is 0 Å². The molecule has 1 aliphatic carbocycles. The SMILES string of the molecule is Cc1ccc(-c2ccc(OC3CCC4N(C(C)C)CCC4(C)C3)cc2)c(C)c1. The summed E-state index contributed by atoms with van der Waals surface area (Å²) in [6, 6.07) is 16.8. The summed E-state index contributed by atoms with van der Waals surface area (Å²) in [5, 5.41) is 0. The van der Waals surface area contributed by atoms with Crippen molar-refractivity contribution < 1.29 is 4.74 Å². The van der Waals surface area contributed by atoms with E-state index in [1.54, 1.807) is 0 Å². The van der Waals surface area contributed by atoms with Crippen LogP contribution < -0.4 is 4.74 Å². The molecule has 2 aliphatic rings. The van der Waals surface area contributed by atoms with E-state index in [1.165, 1.54) is 54.5 Å². The minimum atomic E-state index is 0.348. The predicted molar refractivity (Wildman–Crippen MR) is 118 cm³/mol. The monoisotopic (exact) mass is 377 g/mol. The highest BCUT2D eigenvalue weighted by Gasteiger charge is 2.48. The van der Waals surface area contributed by atoms with Crippen molar-refractivity contribution in [2.24, 2.45) is 5.41 Å². The first-order chi connectivity index (χ1) is 13.4. The van der Waals surface area contributed by atoms with E-state index in [0.29, 0.717) is 17.6 Å². The summed E-state index contributed by atoms with van der Waals surface area (Å²) in [7, 11) is 0. The average Bonchev–Trinajstić information content (AvgIpc) is 2.99. The Bertz CT molecular complexity index is 825. The molecule has 150 valence electrons. The van der Waals surface area contributed by atoms with Gasteiger partial charge in [-0.2, -0.15) is 0 Å². The normalized spacial score (nSPS) is 27.8. The smallest absolute Gasteiger partial charge is 0.119 e. The largest absolute Gasteiger partial charge is 0.490 e. The van der Waals surface area contributed by atoms with Crippen LogP contribution in [0.4, 0.5) is 0 Å². The molecule has 0 aromatic heterocycles. The van der Waals surface area contributed by atoms with Gasteiger partial charge in [0.15, 0.2) is 0 Å². The van der Waals surface area contributed by atoms with Crippen molar-refractivity contribution >= 4 is 0 Å². The van der Waals surface area contributed by atoms with Crippen LogP contribution in [-0.2, 0) is 0 Å². The fourth-order valence-corrected chi connectivity index (χ4v) is 5.59. The van der Waals surface area contributed by atoms with Gasteiger partial charge in [-0.3, -0.25) is 4.90 Å². The Balaban J connectivity index is 1.43. The first kappa shape index (κ1) is 19.5. The number of benzene rings is 2. The van der Waals surface area contributed by atoms with Crippen molar-refractivity contribution in [2.45, 2.75) is 78.5 Å². The van der Waals surface area contributed by atoms with Crippen molar-refractivity contribution in [3.8, 4) is 16.9 Å². The molecule has 1 heterocycles. The molecule has 1 saturated heterocycles. The third-order valence-electron chi connectivity index (χ3n) is 7.12. The number of likely N-dealkylation sites (tertiary alicyclic amines) is 1. The zero-order valence-corrected chi connectivity index (χ0v) is 18.2. The minimum absolute atomic E-state index is 0.348. The van der Waals surface area contributed by atoms with Gasteiger partial charge in [0.2, 0.25) is 0 Å². The number of hydrogen-bond acceptors (Lipinski definition) is 2. The lowest BCUT2D eigenvalue weighted by Gasteiger charge is -2.43. The molecule has 1 aliphatic heterocycles. The van der Waals surface area contributed by atoms with Crippen LogP contribution in [0.3, 0.4) is 0 Å². The van der Waals surface area contributed by atoms with Gasteiger partial charge in [-0.05, 0) is 94.2 Å². The van der Waals surface area contributed by atoms with Crippen molar-refractivity contribution in [2.75, 3.05) is 6.54 Å². The molecule has 0 spiro atoms. The molecule has 1 saturated carbocycles. The van der Waals surface area contributed by atoms with E-state index in [-0.39, 0.29) is 0 Å². The summed E-state index contributed by atoms with van der Waals surface area (Å²) in [5.74, 6) is 1.01. The number of aryl methyl sites for hydroxylation is 2. The van der Waals surface area contributed by atoms with E-state index < -0.39 is 0 Å². The zero-order valence-electron chi connectivity index (χ0n) is 18.2. The van der Waals surface area contributed by atoms with Crippen LogP contribution in [0.15, 0.2) is 42.5 Å².